The van der Waals surface area contributed by atoms with Gasteiger partial charge in [-0.15, -0.1) is 12.4 Å². The van der Waals surface area contributed by atoms with Gasteiger partial charge < -0.3 is 10.1 Å². The molecule has 1 aliphatic heterocycles. The Morgan fingerprint density at radius 1 is 1.07 bits per heavy atom. The molecule has 5 heteroatoms. The lowest BCUT2D eigenvalue weighted by molar-refractivity contribution is 0.0941. The number of benzene rings is 1. The van der Waals surface area contributed by atoms with E-state index in [1.54, 1.807) is 0 Å². The second kappa shape index (κ2) is 14.8. The number of carbonyl (C=O) groups is 1. The van der Waals surface area contributed by atoms with Gasteiger partial charge in [0.15, 0.2) is 0 Å². The zero-order valence-electron chi connectivity index (χ0n) is 16.8. The number of nitrogens with one attached hydrogen (secondary N) is 2. The summed E-state index contributed by atoms with van der Waals surface area (Å²) in [7, 11) is 0. The number of halogens is 1. The fraction of sp³-hybridized carbons (Fsp3) is 0.682. The van der Waals surface area contributed by atoms with Gasteiger partial charge in [0.25, 0.3) is 0 Å². The number of anilines is 1. The number of ether oxygens (including phenoxy) is 1. The Bertz CT molecular complexity index is 502. The molecule has 0 aliphatic carbocycles. The van der Waals surface area contributed by atoms with Gasteiger partial charge in [-0.05, 0) is 49.9 Å². The molecule has 0 bridgehead atoms. The highest BCUT2D eigenvalue weighted by molar-refractivity contribution is 5.85. The number of hydrogen-bond acceptors (Lipinski definition) is 3. The van der Waals surface area contributed by atoms with Gasteiger partial charge in [0.2, 0.25) is 0 Å². The topological polar surface area (TPSA) is 50.4 Å². The summed E-state index contributed by atoms with van der Waals surface area (Å²) >= 11 is 0. The van der Waals surface area contributed by atoms with E-state index >= 15 is 0 Å². The minimum absolute atomic E-state index is 0. The lowest BCUT2D eigenvalue weighted by Crippen LogP contribution is -2.37. The monoisotopic (exact) mass is 396 g/mol. The molecule has 4 nitrogen and oxygen atoms in total. The van der Waals surface area contributed by atoms with E-state index in [2.05, 4.69) is 29.7 Å². The molecular formula is C22H37ClN2O2. The number of unbranched alkanes of at least 4 members (excludes halogenated alkanes) is 7. The number of amides is 1. The van der Waals surface area contributed by atoms with Gasteiger partial charge in [0, 0.05) is 12.2 Å². The third-order valence-electron chi connectivity index (χ3n) is 5.04. The van der Waals surface area contributed by atoms with Crippen LogP contribution in [0.25, 0.3) is 0 Å². The second-order valence-electron chi connectivity index (χ2n) is 7.42. The van der Waals surface area contributed by atoms with Crippen molar-refractivity contribution in [2.45, 2.75) is 83.7 Å². The van der Waals surface area contributed by atoms with Crippen LogP contribution in [0.5, 0.6) is 0 Å². The van der Waals surface area contributed by atoms with Crippen molar-refractivity contribution in [1.29, 1.82) is 0 Å². The van der Waals surface area contributed by atoms with E-state index in [4.69, 9.17) is 4.74 Å². The van der Waals surface area contributed by atoms with E-state index in [1.807, 2.05) is 12.1 Å². The highest BCUT2D eigenvalue weighted by Gasteiger charge is 2.17. The van der Waals surface area contributed by atoms with Crippen LogP contribution in [0.1, 0.15) is 76.7 Å². The van der Waals surface area contributed by atoms with Crippen LogP contribution in [0, 0.1) is 0 Å². The largest absolute Gasteiger partial charge is 0.445 e. The van der Waals surface area contributed by atoms with Gasteiger partial charge >= 0.3 is 6.09 Å². The summed E-state index contributed by atoms with van der Waals surface area (Å²) in [6, 6.07) is 8.17. The molecule has 1 aromatic rings. The summed E-state index contributed by atoms with van der Waals surface area (Å²) in [4.78, 5) is 11.9. The lowest BCUT2D eigenvalue weighted by Gasteiger charge is -2.22. The van der Waals surface area contributed by atoms with Crippen LogP contribution in [-0.4, -0.2) is 25.3 Å². The van der Waals surface area contributed by atoms with Crippen LogP contribution >= 0.6 is 12.4 Å². The van der Waals surface area contributed by atoms with Crippen LogP contribution in [0.3, 0.4) is 0 Å². The van der Waals surface area contributed by atoms with Crippen molar-refractivity contribution in [2.75, 3.05) is 18.4 Å². The maximum absolute atomic E-state index is 11.9. The molecule has 1 saturated heterocycles. The first kappa shape index (κ1) is 23.8. The van der Waals surface area contributed by atoms with Crippen molar-refractivity contribution >= 4 is 24.2 Å². The Morgan fingerprint density at radius 3 is 2.37 bits per heavy atom. The van der Waals surface area contributed by atoms with Gasteiger partial charge in [0.05, 0.1) is 0 Å². The molecule has 0 aromatic heterocycles. The molecule has 0 saturated carbocycles. The minimum atomic E-state index is -0.352. The van der Waals surface area contributed by atoms with Gasteiger partial charge in [-0.3, -0.25) is 5.32 Å². The Morgan fingerprint density at radius 2 is 1.74 bits per heavy atom. The van der Waals surface area contributed by atoms with Crippen LogP contribution in [0.4, 0.5) is 10.5 Å². The maximum Gasteiger partial charge on any atom is 0.411 e. The predicted octanol–water partition coefficient (Wildman–Crippen LogP) is 6.09. The van der Waals surface area contributed by atoms with Crippen molar-refractivity contribution in [3.05, 3.63) is 29.8 Å². The lowest BCUT2D eigenvalue weighted by atomic mass is 10.0. The molecule has 1 amide bonds. The molecule has 0 radical (unpaired) electrons. The quantitative estimate of drug-likeness (QED) is 0.445. The van der Waals surface area contributed by atoms with Crippen LogP contribution in [-0.2, 0) is 11.2 Å². The van der Waals surface area contributed by atoms with E-state index in [-0.39, 0.29) is 24.6 Å². The third kappa shape index (κ3) is 10.6. The number of carbonyl (C=O) groups excluding carboxylic acids is 1. The summed E-state index contributed by atoms with van der Waals surface area (Å²) in [6.07, 6.45) is 13.5. The van der Waals surface area contributed by atoms with E-state index in [0.717, 1.165) is 38.0 Å². The SMILES string of the molecule is CCCCCCCCCCc1ccc(NC(=O)O[C@H]2CCCNC2)cc1.Cl. The van der Waals surface area contributed by atoms with Gasteiger partial charge in [-0.25, -0.2) is 4.79 Å². The van der Waals surface area contributed by atoms with E-state index in [0.29, 0.717) is 0 Å². The molecule has 2 rings (SSSR count). The maximum atomic E-state index is 11.9. The first-order valence-corrected chi connectivity index (χ1v) is 10.5. The zero-order chi connectivity index (χ0) is 18.5. The van der Waals surface area contributed by atoms with Crippen molar-refractivity contribution in [3.8, 4) is 0 Å². The summed E-state index contributed by atoms with van der Waals surface area (Å²) in [5, 5.41) is 6.08. The molecular weight excluding hydrogens is 360 g/mol. The molecule has 2 N–H and O–H groups in total. The molecule has 1 heterocycles. The third-order valence-corrected chi connectivity index (χ3v) is 5.04. The molecule has 0 unspecified atom stereocenters. The Labute approximate surface area is 171 Å². The Hall–Kier alpha value is -1.26. The molecule has 1 fully saturated rings. The second-order valence-corrected chi connectivity index (χ2v) is 7.42. The molecule has 1 aliphatic rings. The highest BCUT2D eigenvalue weighted by atomic mass is 35.5. The van der Waals surface area contributed by atoms with E-state index < -0.39 is 0 Å². The average molecular weight is 397 g/mol. The van der Waals surface area contributed by atoms with Gasteiger partial charge in [-0.1, -0.05) is 64.0 Å². The zero-order valence-corrected chi connectivity index (χ0v) is 17.6. The number of aryl methyl sites for hydroxylation is 1. The van der Waals surface area contributed by atoms with Gasteiger partial charge in [0.1, 0.15) is 6.10 Å². The molecule has 0 spiro atoms. The fourth-order valence-corrected chi connectivity index (χ4v) is 3.44. The van der Waals surface area contributed by atoms with Crippen molar-refractivity contribution in [2.24, 2.45) is 0 Å². The summed E-state index contributed by atoms with van der Waals surface area (Å²) < 4.78 is 5.44. The minimum Gasteiger partial charge on any atom is -0.445 e. The summed E-state index contributed by atoms with van der Waals surface area (Å²) in [5.74, 6) is 0. The predicted molar refractivity (Wildman–Crippen MR) is 116 cm³/mol. The van der Waals surface area contributed by atoms with Crippen molar-refractivity contribution in [3.63, 3.8) is 0 Å². The molecule has 154 valence electrons. The first-order valence-electron chi connectivity index (χ1n) is 10.5. The smallest absolute Gasteiger partial charge is 0.411 e. The van der Waals surface area contributed by atoms with Gasteiger partial charge in [-0.2, -0.15) is 0 Å². The van der Waals surface area contributed by atoms with Crippen LogP contribution < -0.4 is 10.6 Å². The highest BCUT2D eigenvalue weighted by Crippen LogP contribution is 2.15. The first-order chi connectivity index (χ1) is 12.8. The van der Waals surface area contributed by atoms with Crippen molar-refractivity contribution in [1.82, 2.24) is 5.32 Å². The molecule has 1 atom stereocenters. The summed E-state index contributed by atoms with van der Waals surface area (Å²) in [6.45, 7) is 4.03. The average Bonchev–Trinajstić information content (AvgIpc) is 2.66. The van der Waals surface area contributed by atoms with E-state index in [1.165, 1.54) is 56.9 Å². The van der Waals surface area contributed by atoms with E-state index in [9.17, 15) is 4.79 Å². The van der Waals surface area contributed by atoms with Crippen molar-refractivity contribution < 1.29 is 9.53 Å². The fourth-order valence-electron chi connectivity index (χ4n) is 3.44. The van der Waals surface area contributed by atoms with Crippen LogP contribution in [0.15, 0.2) is 24.3 Å². The summed E-state index contributed by atoms with van der Waals surface area (Å²) in [5.41, 5.74) is 2.14. The Balaban J connectivity index is 0.00000364. The number of rotatable bonds is 11. The molecule has 1 aromatic carbocycles. The van der Waals surface area contributed by atoms with Crippen LogP contribution in [0.2, 0.25) is 0 Å². The number of piperidine rings is 1. The standard InChI is InChI=1S/C22H36N2O2.ClH/c1-2-3-4-5-6-7-8-9-11-19-13-15-20(16-14-19)24-22(25)26-21-12-10-17-23-18-21;/h13-16,21,23H,2-12,17-18H2,1H3,(H,24,25);1H/t21-;/m0./s1. The number of hydrogen-bond donors (Lipinski definition) is 2. The molecule has 27 heavy (non-hydrogen) atoms. The normalized spacial score (nSPS) is 16.4. The Kier molecular flexibility index (Phi) is 13.0.